The van der Waals surface area contributed by atoms with Crippen molar-refractivity contribution in [1.29, 1.82) is 0 Å². The molecule has 0 aliphatic heterocycles. The predicted molar refractivity (Wildman–Crippen MR) is 75.7 cm³/mol. The maximum absolute atomic E-state index is 2.46. The highest BCUT2D eigenvalue weighted by atomic mass is 14.3. The van der Waals surface area contributed by atoms with Crippen molar-refractivity contribution < 1.29 is 0 Å². The van der Waals surface area contributed by atoms with Crippen molar-refractivity contribution >= 4 is 0 Å². The number of hydrogen-bond donors (Lipinski definition) is 0. The minimum Gasteiger partial charge on any atom is -0.0683 e. The van der Waals surface area contributed by atoms with Gasteiger partial charge in [-0.15, -0.1) is 0 Å². The van der Waals surface area contributed by atoms with Crippen molar-refractivity contribution in [2.75, 3.05) is 0 Å². The lowest BCUT2D eigenvalue weighted by atomic mass is 9.73. The second-order valence-electron chi connectivity index (χ2n) is 5.98. The first-order valence-electron chi connectivity index (χ1n) is 7.59. The summed E-state index contributed by atoms with van der Waals surface area (Å²) in [5.74, 6) is 3.93. The van der Waals surface area contributed by atoms with Crippen LogP contribution in [0.15, 0.2) is 0 Å². The van der Waals surface area contributed by atoms with Gasteiger partial charge in [-0.2, -0.15) is 0 Å². The summed E-state index contributed by atoms with van der Waals surface area (Å²) >= 11 is 0. The van der Waals surface area contributed by atoms with Gasteiger partial charge in [0.05, 0.1) is 0 Å². The molecule has 0 aromatic rings. The van der Waals surface area contributed by atoms with E-state index in [4.69, 9.17) is 0 Å². The Balaban J connectivity index is 0.00000106. The maximum atomic E-state index is 2.46. The van der Waals surface area contributed by atoms with E-state index in [-0.39, 0.29) is 0 Å². The minimum absolute atomic E-state index is 0.895. The van der Waals surface area contributed by atoms with E-state index in [1.54, 1.807) is 0 Å². The summed E-state index contributed by atoms with van der Waals surface area (Å²) in [6.45, 7) is 13.6. The molecule has 0 saturated heterocycles. The predicted octanol–water partition coefficient (Wildman–Crippen LogP) is 5.91. The van der Waals surface area contributed by atoms with Gasteiger partial charge in [-0.05, 0) is 30.1 Å². The largest absolute Gasteiger partial charge is 0.0683 e. The molecule has 0 heteroatoms. The molecule has 1 rings (SSSR count). The molecule has 0 amide bonds. The molecule has 0 bridgehead atoms. The van der Waals surface area contributed by atoms with E-state index in [1.807, 2.05) is 13.8 Å². The molecular weight excluding hydrogens is 192 g/mol. The zero-order valence-electron chi connectivity index (χ0n) is 12.6. The fraction of sp³-hybridized carbons (Fsp3) is 1.00. The standard InChI is InChI=1S/C14H28.C2H6/c1-11(2)6-5-7-14-10-12(3)8-9-13(14)4;1-2/h11-14H,5-10H2,1-4H3;1-2H3. The normalized spacial score (nSPS) is 29.8. The molecular formula is C16H34. The Hall–Kier alpha value is 0. The quantitative estimate of drug-likeness (QED) is 0.559. The highest BCUT2D eigenvalue weighted by Gasteiger charge is 2.24. The van der Waals surface area contributed by atoms with Crippen LogP contribution in [-0.2, 0) is 0 Å². The Bertz CT molecular complexity index is 148. The van der Waals surface area contributed by atoms with Crippen molar-refractivity contribution in [2.45, 2.75) is 80.1 Å². The molecule has 1 saturated carbocycles. The molecule has 16 heavy (non-hydrogen) atoms. The van der Waals surface area contributed by atoms with E-state index in [0.717, 1.165) is 23.7 Å². The van der Waals surface area contributed by atoms with Crippen LogP contribution < -0.4 is 0 Å². The van der Waals surface area contributed by atoms with Gasteiger partial charge in [0.15, 0.2) is 0 Å². The van der Waals surface area contributed by atoms with E-state index in [1.165, 1.54) is 38.5 Å². The van der Waals surface area contributed by atoms with Crippen molar-refractivity contribution in [3.05, 3.63) is 0 Å². The van der Waals surface area contributed by atoms with Gasteiger partial charge in [-0.1, -0.05) is 73.6 Å². The van der Waals surface area contributed by atoms with Crippen LogP contribution in [-0.4, -0.2) is 0 Å². The lowest BCUT2D eigenvalue weighted by molar-refractivity contribution is 0.187. The van der Waals surface area contributed by atoms with Crippen LogP contribution >= 0.6 is 0 Å². The molecule has 0 aromatic carbocycles. The Morgan fingerprint density at radius 1 is 1.06 bits per heavy atom. The third-order valence-corrected chi connectivity index (χ3v) is 3.98. The molecule has 1 aliphatic rings. The zero-order chi connectivity index (χ0) is 12.6. The lowest BCUT2D eigenvalue weighted by Gasteiger charge is -2.32. The van der Waals surface area contributed by atoms with Gasteiger partial charge in [-0.25, -0.2) is 0 Å². The highest BCUT2D eigenvalue weighted by Crippen LogP contribution is 2.36. The van der Waals surface area contributed by atoms with Crippen LogP contribution in [0.1, 0.15) is 80.1 Å². The first kappa shape index (κ1) is 16.0. The summed E-state index contributed by atoms with van der Waals surface area (Å²) in [4.78, 5) is 0. The third kappa shape index (κ3) is 6.55. The van der Waals surface area contributed by atoms with E-state index < -0.39 is 0 Å². The second kappa shape index (κ2) is 9.07. The molecule has 0 N–H and O–H groups in total. The molecule has 0 radical (unpaired) electrons. The summed E-state index contributed by atoms with van der Waals surface area (Å²) in [6, 6.07) is 0. The Labute approximate surface area is 104 Å². The number of hydrogen-bond acceptors (Lipinski definition) is 0. The van der Waals surface area contributed by atoms with E-state index in [2.05, 4.69) is 27.7 Å². The van der Waals surface area contributed by atoms with Crippen LogP contribution in [0, 0.1) is 23.7 Å². The van der Waals surface area contributed by atoms with Crippen LogP contribution in [0.2, 0.25) is 0 Å². The van der Waals surface area contributed by atoms with Crippen LogP contribution in [0.3, 0.4) is 0 Å². The van der Waals surface area contributed by atoms with Gasteiger partial charge in [0, 0.05) is 0 Å². The van der Waals surface area contributed by atoms with E-state index in [9.17, 15) is 0 Å². The Morgan fingerprint density at radius 2 is 1.69 bits per heavy atom. The van der Waals surface area contributed by atoms with Crippen molar-refractivity contribution in [3.63, 3.8) is 0 Å². The van der Waals surface area contributed by atoms with Crippen molar-refractivity contribution in [1.82, 2.24) is 0 Å². The van der Waals surface area contributed by atoms with Gasteiger partial charge in [0.25, 0.3) is 0 Å². The van der Waals surface area contributed by atoms with E-state index >= 15 is 0 Å². The first-order valence-corrected chi connectivity index (χ1v) is 7.59. The average Bonchev–Trinajstić information content (AvgIpc) is 2.25. The number of rotatable bonds is 4. The summed E-state index contributed by atoms with van der Waals surface area (Å²) in [6.07, 6.45) is 8.83. The zero-order valence-corrected chi connectivity index (χ0v) is 12.6. The van der Waals surface area contributed by atoms with Gasteiger partial charge < -0.3 is 0 Å². The molecule has 0 aromatic heterocycles. The van der Waals surface area contributed by atoms with Crippen LogP contribution in [0.4, 0.5) is 0 Å². The fourth-order valence-corrected chi connectivity index (χ4v) is 2.84. The topological polar surface area (TPSA) is 0 Å². The molecule has 98 valence electrons. The highest BCUT2D eigenvalue weighted by molar-refractivity contribution is 4.75. The molecule has 0 nitrogen and oxygen atoms in total. The van der Waals surface area contributed by atoms with Gasteiger partial charge in [0.1, 0.15) is 0 Å². The average molecular weight is 226 g/mol. The Kier molecular flexibility index (Phi) is 9.07. The fourth-order valence-electron chi connectivity index (χ4n) is 2.84. The van der Waals surface area contributed by atoms with Crippen LogP contribution in [0.25, 0.3) is 0 Å². The smallest absolute Gasteiger partial charge is 0.0386 e. The molecule has 3 unspecified atom stereocenters. The Morgan fingerprint density at radius 3 is 2.25 bits per heavy atom. The molecule has 3 atom stereocenters. The van der Waals surface area contributed by atoms with E-state index in [0.29, 0.717) is 0 Å². The second-order valence-corrected chi connectivity index (χ2v) is 5.98. The molecule has 1 fully saturated rings. The minimum atomic E-state index is 0.895. The monoisotopic (exact) mass is 226 g/mol. The SMILES string of the molecule is CC.CC(C)CCCC1CC(C)CCC1C. The van der Waals surface area contributed by atoms with Crippen molar-refractivity contribution in [2.24, 2.45) is 23.7 Å². The van der Waals surface area contributed by atoms with Crippen LogP contribution in [0.5, 0.6) is 0 Å². The third-order valence-electron chi connectivity index (χ3n) is 3.98. The summed E-state index contributed by atoms with van der Waals surface area (Å²) in [5, 5.41) is 0. The molecule has 0 spiro atoms. The van der Waals surface area contributed by atoms with Gasteiger partial charge in [0.2, 0.25) is 0 Å². The van der Waals surface area contributed by atoms with Crippen molar-refractivity contribution in [3.8, 4) is 0 Å². The van der Waals surface area contributed by atoms with Gasteiger partial charge in [-0.3, -0.25) is 0 Å². The summed E-state index contributed by atoms with van der Waals surface area (Å²) < 4.78 is 0. The summed E-state index contributed by atoms with van der Waals surface area (Å²) in [5.41, 5.74) is 0. The lowest BCUT2D eigenvalue weighted by Crippen LogP contribution is -2.21. The maximum Gasteiger partial charge on any atom is -0.0386 e. The first-order chi connectivity index (χ1) is 7.59. The molecule has 0 heterocycles. The summed E-state index contributed by atoms with van der Waals surface area (Å²) in [7, 11) is 0. The molecule has 1 aliphatic carbocycles. The van der Waals surface area contributed by atoms with Gasteiger partial charge >= 0.3 is 0 Å².